The second-order valence-electron chi connectivity index (χ2n) is 3.33. The first-order valence-electron chi connectivity index (χ1n) is 5.14. The van der Waals surface area contributed by atoms with Crippen LogP contribution in [-0.2, 0) is 19.1 Å². The van der Waals surface area contributed by atoms with Crippen LogP contribution < -0.4 is 5.32 Å². The second kappa shape index (κ2) is 10.3. The summed E-state index contributed by atoms with van der Waals surface area (Å²) in [5, 5.41) is 10.9. The van der Waals surface area contributed by atoms with E-state index in [-0.39, 0.29) is 24.5 Å². The number of carboxylic acid groups (broad SMARTS) is 1. The Morgan fingerprint density at radius 1 is 1.50 bits per heavy atom. The smallest absolute Gasteiger partial charge is 0.323 e. The number of esters is 1. The van der Waals surface area contributed by atoms with E-state index in [0.29, 0.717) is 0 Å². The molecule has 2 N–H and O–H groups in total. The number of aliphatic carboxylic acids is 1. The van der Waals surface area contributed by atoms with Gasteiger partial charge in [0.25, 0.3) is 0 Å². The standard InChI is InChI=1S/C6H9NO3.C5H11NO2/c1-3-5(8)7(2)4-6(9)10;1-4(6-2)5(7)8-3/h3H,1,4H2,2H3,(H,9,10);4,6H,1-3H3. The molecule has 7 nitrogen and oxygen atoms in total. The highest BCUT2D eigenvalue weighted by molar-refractivity contribution is 5.89. The number of likely N-dealkylation sites (N-methyl/N-ethyl adjacent to an activating group) is 2. The fourth-order valence-corrected chi connectivity index (χ4v) is 0.731. The summed E-state index contributed by atoms with van der Waals surface area (Å²) >= 11 is 0. The molecule has 0 aromatic heterocycles. The molecule has 7 heteroatoms. The van der Waals surface area contributed by atoms with Crippen molar-refractivity contribution in [3.8, 4) is 0 Å². The Morgan fingerprint density at radius 3 is 2.22 bits per heavy atom. The molecule has 18 heavy (non-hydrogen) atoms. The van der Waals surface area contributed by atoms with Gasteiger partial charge in [-0.15, -0.1) is 0 Å². The molecule has 0 aliphatic carbocycles. The maximum atomic E-state index is 10.6. The van der Waals surface area contributed by atoms with Crippen molar-refractivity contribution in [2.45, 2.75) is 13.0 Å². The molecule has 0 fully saturated rings. The van der Waals surface area contributed by atoms with E-state index < -0.39 is 5.97 Å². The average molecular weight is 260 g/mol. The van der Waals surface area contributed by atoms with Gasteiger partial charge in [0.15, 0.2) is 0 Å². The molecule has 1 atom stereocenters. The molecule has 1 amide bonds. The van der Waals surface area contributed by atoms with Gasteiger partial charge in [-0.05, 0) is 20.0 Å². The molecule has 0 saturated carbocycles. The van der Waals surface area contributed by atoms with E-state index in [1.54, 1.807) is 14.0 Å². The normalized spacial score (nSPS) is 10.4. The molecule has 0 aliphatic rings. The predicted molar refractivity (Wildman–Crippen MR) is 66.0 cm³/mol. The lowest BCUT2D eigenvalue weighted by Gasteiger charge is -2.10. The van der Waals surface area contributed by atoms with Crippen LogP contribution in [0.5, 0.6) is 0 Å². The zero-order valence-corrected chi connectivity index (χ0v) is 11.1. The number of carbonyl (C=O) groups excluding carboxylic acids is 2. The molecule has 104 valence electrons. The van der Waals surface area contributed by atoms with Crippen LogP contribution in [0.2, 0.25) is 0 Å². The van der Waals surface area contributed by atoms with Crippen molar-refractivity contribution in [1.29, 1.82) is 0 Å². The van der Waals surface area contributed by atoms with Crippen molar-refractivity contribution < 1.29 is 24.2 Å². The lowest BCUT2D eigenvalue weighted by atomic mass is 10.4. The molecule has 0 aromatic carbocycles. The molecule has 0 heterocycles. The molecule has 0 saturated heterocycles. The Kier molecular flexibility index (Phi) is 10.5. The monoisotopic (exact) mass is 260 g/mol. The Balaban J connectivity index is 0. The van der Waals surface area contributed by atoms with E-state index in [4.69, 9.17) is 5.11 Å². The number of rotatable bonds is 5. The maximum absolute atomic E-state index is 10.6. The van der Waals surface area contributed by atoms with Crippen LogP contribution in [-0.4, -0.2) is 61.6 Å². The SMILES string of the molecule is C=CC(=O)N(C)CC(=O)O.CNC(C)C(=O)OC. The Labute approximate surface area is 106 Å². The highest BCUT2D eigenvalue weighted by Gasteiger charge is 2.08. The number of carboxylic acids is 1. The second-order valence-corrected chi connectivity index (χ2v) is 3.33. The molecular formula is C11H20N2O5. The molecule has 0 aliphatic heterocycles. The number of ether oxygens (including phenoxy) is 1. The maximum Gasteiger partial charge on any atom is 0.323 e. The molecule has 0 radical (unpaired) electrons. The number of nitrogens with zero attached hydrogens (tertiary/aromatic N) is 1. The lowest BCUT2D eigenvalue weighted by molar-refractivity contribution is -0.142. The van der Waals surface area contributed by atoms with Crippen LogP contribution >= 0.6 is 0 Å². The number of nitrogens with one attached hydrogen (secondary N) is 1. The van der Waals surface area contributed by atoms with Crippen molar-refractivity contribution in [2.24, 2.45) is 0 Å². The lowest BCUT2D eigenvalue weighted by Crippen LogP contribution is -2.31. The van der Waals surface area contributed by atoms with Crippen molar-refractivity contribution in [3.63, 3.8) is 0 Å². The Morgan fingerprint density at radius 2 is 2.00 bits per heavy atom. The van der Waals surface area contributed by atoms with Gasteiger partial charge in [0.05, 0.1) is 7.11 Å². The summed E-state index contributed by atoms with van der Waals surface area (Å²) in [7, 11) is 4.48. The molecule has 0 aromatic rings. The number of methoxy groups -OCH3 is 1. The largest absolute Gasteiger partial charge is 0.480 e. The number of amides is 1. The van der Waals surface area contributed by atoms with Crippen LogP contribution in [0.4, 0.5) is 0 Å². The van der Waals surface area contributed by atoms with Gasteiger partial charge in [-0.1, -0.05) is 6.58 Å². The third-order valence-corrected chi connectivity index (χ3v) is 1.91. The van der Waals surface area contributed by atoms with Crippen LogP contribution in [0.1, 0.15) is 6.92 Å². The van der Waals surface area contributed by atoms with E-state index in [9.17, 15) is 14.4 Å². The highest BCUT2D eigenvalue weighted by Crippen LogP contribution is 1.83. The van der Waals surface area contributed by atoms with Crippen LogP contribution in [0.25, 0.3) is 0 Å². The number of hydrogen-bond donors (Lipinski definition) is 2. The van der Waals surface area contributed by atoms with Gasteiger partial charge in [-0.25, -0.2) is 0 Å². The van der Waals surface area contributed by atoms with Gasteiger partial charge in [0, 0.05) is 7.05 Å². The third kappa shape index (κ3) is 9.34. The predicted octanol–water partition coefficient (Wildman–Crippen LogP) is -0.517. The summed E-state index contributed by atoms with van der Waals surface area (Å²) in [6, 6.07) is -0.194. The van der Waals surface area contributed by atoms with Gasteiger partial charge in [-0.3, -0.25) is 14.4 Å². The summed E-state index contributed by atoms with van der Waals surface area (Å²) in [4.78, 5) is 32.1. The van der Waals surface area contributed by atoms with E-state index in [1.165, 1.54) is 14.2 Å². The summed E-state index contributed by atoms with van der Waals surface area (Å²) < 4.78 is 4.40. The quantitative estimate of drug-likeness (QED) is 0.510. The molecular weight excluding hydrogens is 240 g/mol. The van der Waals surface area contributed by atoms with Crippen LogP contribution in [0.15, 0.2) is 12.7 Å². The van der Waals surface area contributed by atoms with Gasteiger partial charge >= 0.3 is 11.9 Å². The first-order chi connectivity index (χ1) is 8.29. The van der Waals surface area contributed by atoms with Gasteiger partial charge in [-0.2, -0.15) is 0 Å². The van der Waals surface area contributed by atoms with E-state index in [1.807, 2.05) is 0 Å². The fourth-order valence-electron chi connectivity index (χ4n) is 0.731. The van der Waals surface area contributed by atoms with Crippen LogP contribution in [0, 0.1) is 0 Å². The van der Waals surface area contributed by atoms with E-state index in [2.05, 4.69) is 16.6 Å². The molecule has 0 rings (SSSR count). The molecule has 0 bridgehead atoms. The van der Waals surface area contributed by atoms with Crippen molar-refractivity contribution in [2.75, 3.05) is 27.7 Å². The zero-order chi connectivity index (χ0) is 14.7. The third-order valence-electron chi connectivity index (χ3n) is 1.91. The van der Waals surface area contributed by atoms with E-state index in [0.717, 1.165) is 11.0 Å². The highest BCUT2D eigenvalue weighted by atomic mass is 16.5. The summed E-state index contributed by atoms with van der Waals surface area (Å²) in [5.74, 6) is -1.65. The topological polar surface area (TPSA) is 95.9 Å². The Bertz CT molecular complexity index is 304. The number of carbonyl (C=O) groups is 3. The minimum absolute atomic E-state index is 0.194. The molecule has 0 spiro atoms. The summed E-state index contributed by atoms with van der Waals surface area (Å²) in [6.07, 6.45) is 1.07. The summed E-state index contributed by atoms with van der Waals surface area (Å²) in [6.45, 7) is 4.66. The zero-order valence-electron chi connectivity index (χ0n) is 11.1. The van der Waals surface area contributed by atoms with E-state index >= 15 is 0 Å². The van der Waals surface area contributed by atoms with Crippen molar-refractivity contribution in [3.05, 3.63) is 12.7 Å². The average Bonchev–Trinajstić information content (AvgIpc) is 2.35. The van der Waals surface area contributed by atoms with Crippen molar-refractivity contribution in [1.82, 2.24) is 10.2 Å². The van der Waals surface area contributed by atoms with Crippen LogP contribution in [0.3, 0.4) is 0 Å². The minimum Gasteiger partial charge on any atom is -0.480 e. The first kappa shape index (κ1) is 18.5. The van der Waals surface area contributed by atoms with Gasteiger partial charge in [0.2, 0.25) is 5.91 Å². The van der Waals surface area contributed by atoms with Gasteiger partial charge in [0.1, 0.15) is 12.6 Å². The molecule has 1 unspecified atom stereocenters. The fraction of sp³-hybridized carbons (Fsp3) is 0.545. The first-order valence-corrected chi connectivity index (χ1v) is 5.14. The van der Waals surface area contributed by atoms with Gasteiger partial charge < -0.3 is 20.1 Å². The summed E-state index contributed by atoms with van der Waals surface area (Å²) in [5.41, 5.74) is 0. The Hall–Kier alpha value is -1.89. The minimum atomic E-state index is -1.03. The number of hydrogen-bond acceptors (Lipinski definition) is 5. The van der Waals surface area contributed by atoms with Crippen molar-refractivity contribution >= 4 is 17.8 Å².